The fraction of sp³-hybridized carbons (Fsp3) is 0.120. The van der Waals surface area contributed by atoms with Crippen LogP contribution in [-0.2, 0) is 4.79 Å². The summed E-state index contributed by atoms with van der Waals surface area (Å²) in [5.74, 6) is -1.75. The van der Waals surface area contributed by atoms with Crippen molar-refractivity contribution in [3.8, 4) is 28.4 Å². The minimum Gasteiger partial charge on any atom is -0.507 e. The van der Waals surface area contributed by atoms with Gasteiger partial charge in [-0.3, -0.25) is 9.59 Å². The maximum atomic E-state index is 13.3. The van der Waals surface area contributed by atoms with Crippen LogP contribution in [0.2, 0.25) is 5.02 Å². The summed E-state index contributed by atoms with van der Waals surface area (Å²) in [6.07, 6.45) is 1.13. The fourth-order valence-electron chi connectivity index (χ4n) is 4.15. The molecule has 0 fully saturated rings. The van der Waals surface area contributed by atoms with Crippen LogP contribution in [0.5, 0.6) is 17.2 Å². The quantitative estimate of drug-likeness (QED) is 0.288. The zero-order valence-electron chi connectivity index (χ0n) is 17.3. The van der Waals surface area contributed by atoms with Gasteiger partial charge in [0.25, 0.3) is 0 Å². The van der Waals surface area contributed by atoms with E-state index in [1.165, 1.54) is 30.5 Å². The average Bonchev–Trinajstić information content (AvgIpc) is 2.79. The molecule has 1 N–H and O–H groups in total. The topological polar surface area (TPSA) is 86.0 Å². The van der Waals surface area contributed by atoms with Crippen LogP contribution >= 0.6 is 11.6 Å². The summed E-state index contributed by atoms with van der Waals surface area (Å²) in [6.45, 7) is -3.01. The van der Waals surface area contributed by atoms with Crippen molar-refractivity contribution in [1.82, 2.24) is 0 Å². The standard InChI is InChI=1S/C25H15ClF2O6/c26-14-6-4-12(5-7-14)17-11-32-24-21-16(13-2-1-3-15(8-13)33-25(27)28)9-20(30)34-19(21)10-18(29)22(24)23(17)31/h1-8,10-11,16,25,29H,9H2/t16-/m0/s1. The smallest absolute Gasteiger partial charge is 0.387 e. The summed E-state index contributed by atoms with van der Waals surface area (Å²) in [6, 6.07) is 13.6. The highest BCUT2D eigenvalue weighted by Gasteiger charge is 2.34. The van der Waals surface area contributed by atoms with Gasteiger partial charge < -0.3 is 19.0 Å². The molecule has 5 rings (SSSR count). The normalized spacial score (nSPS) is 15.3. The number of phenolic OH excluding ortho intramolecular Hbond substituents is 1. The number of alkyl halides is 2. The van der Waals surface area contributed by atoms with Crippen molar-refractivity contribution >= 4 is 28.5 Å². The van der Waals surface area contributed by atoms with E-state index in [2.05, 4.69) is 4.74 Å². The van der Waals surface area contributed by atoms with Gasteiger partial charge >= 0.3 is 12.6 Å². The van der Waals surface area contributed by atoms with Gasteiger partial charge in [0.1, 0.15) is 34.5 Å². The number of benzene rings is 3. The molecule has 34 heavy (non-hydrogen) atoms. The van der Waals surface area contributed by atoms with E-state index in [9.17, 15) is 23.5 Å². The molecule has 0 bridgehead atoms. The molecule has 1 aromatic heterocycles. The second-order valence-electron chi connectivity index (χ2n) is 7.68. The molecule has 4 aromatic rings. The van der Waals surface area contributed by atoms with Crippen LogP contribution in [0.25, 0.3) is 22.1 Å². The van der Waals surface area contributed by atoms with Crippen LogP contribution in [0, 0.1) is 0 Å². The number of halogens is 3. The van der Waals surface area contributed by atoms with Crippen molar-refractivity contribution in [2.24, 2.45) is 0 Å². The molecule has 0 amide bonds. The summed E-state index contributed by atoms with van der Waals surface area (Å²) in [4.78, 5) is 25.6. The van der Waals surface area contributed by atoms with Crippen LogP contribution in [0.4, 0.5) is 8.78 Å². The lowest BCUT2D eigenvalue weighted by Gasteiger charge is -2.26. The minimum atomic E-state index is -3.01. The number of ether oxygens (including phenoxy) is 2. The van der Waals surface area contributed by atoms with Gasteiger partial charge in [0.2, 0.25) is 5.43 Å². The van der Waals surface area contributed by atoms with Crippen molar-refractivity contribution in [1.29, 1.82) is 0 Å². The average molecular weight is 485 g/mol. The molecule has 9 heteroatoms. The lowest BCUT2D eigenvalue weighted by molar-refractivity contribution is -0.135. The summed E-state index contributed by atoms with van der Waals surface area (Å²) in [7, 11) is 0. The third-order valence-electron chi connectivity index (χ3n) is 5.61. The maximum absolute atomic E-state index is 13.3. The first-order valence-corrected chi connectivity index (χ1v) is 10.5. The van der Waals surface area contributed by atoms with Gasteiger partial charge in [-0.25, -0.2) is 0 Å². The molecule has 0 spiro atoms. The Labute approximate surface area is 195 Å². The van der Waals surface area contributed by atoms with Gasteiger partial charge in [-0.15, -0.1) is 0 Å². The predicted octanol–water partition coefficient (Wildman–Crippen LogP) is 5.86. The number of hydrogen-bond donors (Lipinski definition) is 1. The SMILES string of the molecule is O=C1C[C@@H](c2cccc(OC(F)F)c2)c2c(cc(O)c3c(=O)c(-c4ccc(Cl)cc4)coc23)O1. The maximum Gasteiger partial charge on any atom is 0.387 e. The molecular weight excluding hydrogens is 470 g/mol. The highest BCUT2D eigenvalue weighted by atomic mass is 35.5. The molecule has 6 nitrogen and oxygen atoms in total. The molecule has 172 valence electrons. The van der Waals surface area contributed by atoms with E-state index in [0.717, 1.165) is 0 Å². The van der Waals surface area contributed by atoms with Gasteiger partial charge in [-0.2, -0.15) is 8.78 Å². The lowest BCUT2D eigenvalue weighted by Crippen LogP contribution is -2.22. The summed E-state index contributed by atoms with van der Waals surface area (Å²) >= 11 is 5.93. The van der Waals surface area contributed by atoms with Crippen molar-refractivity contribution < 1.29 is 32.6 Å². The number of aromatic hydroxyl groups is 1. The van der Waals surface area contributed by atoms with E-state index in [4.69, 9.17) is 20.8 Å². The van der Waals surface area contributed by atoms with E-state index < -0.39 is 29.7 Å². The predicted molar refractivity (Wildman–Crippen MR) is 120 cm³/mol. The molecule has 2 heterocycles. The largest absolute Gasteiger partial charge is 0.507 e. The Morgan fingerprint density at radius 2 is 1.85 bits per heavy atom. The highest BCUT2D eigenvalue weighted by molar-refractivity contribution is 6.30. The van der Waals surface area contributed by atoms with Crippen LogP contribution in [-0.4, -0.2) is 17.7 Å². The highest BCUT2D eigenvalue weighted by Crippen LogP contribution is 2.46. The van der Waals surface area contributed by atoms with Crippen molar-refractivity contribution in [2.45, 2.75) is 19.0 Å². The zero-order valence-corrected chi connectivity index (χ0v) is 18.0. The molecule has 0 radical (unpaired) electrons. The van der Waals surface area contributed by atoms with Crippen molar-refractivity contribution in [3.63, 3.8) is 0 Å². The van der Waals surface area contributed by atoms with Crippen molar-refractivity contribution in [3.05, 3.63) is 87.2 Å². The Kier molecular flexibility index (Phi) is 5.45. The van der Waals surface area contributed by atoms with Gasteiger partial charge in [-0.1, -0.05) is 35.9 Å². The zero-order chi connectivity index (χ0) is 24.0. The van der Waals surface area contributed by atoms with Crippen LogP contribution in [0.15, 0.2) is 70.1 Å². The molecule has 3 aromatic carbocycles. The number of phenols is 1. The first-order chi connectivity index (χ1) is 16.3. The first kappa shape index (κ1) is 21.9. The second kappa shape index (κ2) is 8.46. The monoisotopic (exact) mass is 484 g/mol. The van der Waals surface area contributed by atoms with Crippen LogP contribution in [0.3, 0.4) is 0 Å². The first-order valence-electron chi connectivity index (χ1n) is 10.1. The molecule has 0 unspecified atom stereocenters. The van der Waals surface area contributed by atoms with E-state index >= 15 is 0 Å². The Balaban J connectivity index is 1.72. The van der Waals surface area contributed by atoms with Crippen LogP contribution < -0.4 is 14.9 Å². The fourth-order valence-corrected chi connectivity index (χ4v) is 4.28. The molecule has 0 saturated heterocycles. The number of carbonyl (C=O) groups excluding carboxylic acids is 1. The Bertz CT molecular complexity index is 1480. The number of rotatable bonds is 4. The second-order valence-corrected chi connectivity index (χ2v) is 8.12. The summed E-state index contributed by atoms with van der Waals surface area (Å²) < 4.78 is 41.1. The minimum absolute atomic E-state index is 0.0221. The summed E-state index contributed by atoms with van der Waals surface area (Å²) in [5.41, 5.74) is 1.12. The van der Waals surface area contributed by atoms with Crippen molar-refractivity contribution in [2.75, 3.05) is 0 Å². The van der Waals surface area contributed by atoms with Gasteiger partial charge in [0.05, 0.1) is 12.0 Å². The van der Waals surface area contributed by atoms with Crippen LogP contribution in [0.1, 0.15) is 23.5 Å². The number of fused-ring (bicyclic) bond motifs is 3. The third kappa shape index (κ3) is 3.86. The summed E-state index contributed by atoms with van der Waals surface area (Å²) in [5, 5.41) is 11.0. The number of esters is 1. The van der Waals surface area contributed by atoms with E-state index in [1.807, 2.05) is 0 Å². The third-order valence-corrected chi connectivity index (χ3v) is 5.86. The van der Waals surface area contributed by atoms with Gasteiger partial charge in [0, 0.05) is 22.6 Å². The molecule has 1 aliphatic rings. The Hall–Kier alpha value is -3.91. The van der Waals surface area contributed by atoms with E-state index in [1.54, 1.807) is 30.3 Å². The number of carbonyl (C=O) groups is 1. The molecule has 1 atom stereocenters. The molecule has 0 saturated carbocycles. The molecule has 0 aliphatic carbocycles. The molecule has 1 aliphatic heterocycles. The van der Waals surface area contributed by atoms with Gasteiger partial charge in [0.15, 0.2) is 0 Å². The Morgan fingerprint density at radius 1 is 1.09 bits per heavy atom. The Morgan fingerprint density at radius 3 is 2.59 bits per heavy atom. The van der Waals surface area contributed by atoms with E-state index in [0.29, 0.717) is 21.7 Å². The number of hydrogen-bond acceptors (Lipinski definition) is 6. The lowest BCUT2D eigenvalue weighted by atomic mass is 9.85. The molecular formula is C25H15ClF2O6. The van der Waals surface area contributed by atoms with Gasteiger partial charge in [-0.05, 0) is 35.4 Å². The van der Waals surface area contributed by atoms with E-state index in [-0.39, 0.29) is 34.5 Å².